The maximum Gasteiger partial charge on any atom is 0.334 e. The van der Waals surface area contributed by atoms with E-state index >= 15 is 0 Å². The molecule has 110 valence electrons. The van der Waals surface area contributed by atoms with Gasteiger partial charge < -0.3 is 14.6 Å². The van der Waals surface area contributed by atoms with Gasteiger partial charge in [0.1, 0.15) is 6.10 Å². The molecule has 1 unspecified atom stereocenters. The van der Waals surface area contributed by atoms with Gasteiger partial charge in [0, 0.05) is 19.1 Å². The molecular weight excluding hydrogens is 256 g/mol. The molecule has 0 bridgehead atoms. The van der Waals surface area contributed by atoms with Crippen molar-refractivity contribution in [3.05, 3.63) is 47.0 Å². The van der Waals surface area contributed by atoms with Gasteiger partial charge in [-0.05, 0) is 19.4 Å². The van der Waals surface area contributed by atoms with E-state index in [0.717, 1.165) is 5.57 Å². The molecule has 20 heavy (non-hydrogen) atoms. The number of hydrogen-bond donors (Lipinski definition) is 1. The Morgan fingerprint density at radius 1 is 1.35 bits per heavy atom. The predicted molar refractivity (Wildman–Crippen MR) is 77.1 cm³/mol. The lowest BCUT2D eigenvalue weighted by molar-refractivity contribution is -0.140. The minimum Gasteiger partial charge on any atom is -0.456 e. The van der Waals surface area contributed by atoms with Gasteiger partial charge in [0.2, 0.25) is 0 Å². The Labute approximate surface area is 120 Å². The molecule has 1 aromatic carbocycles. The van der Waals surface area contributed by atoms with E-state index in [1.54, 1.807) is 7.11 Å². The van der Waals surface area contributed by atoms with Crippen LogP contribution in [0.15, 0.2) is 41.5 Å². The second-order valence-corrected chi connectivity index (χ2v) is 4.81. The van der Waals surface area contributed by atoms with Gasteiger partial charge in [-0.2, -0.15) is 0 Å². The van der Waals surface area contributed by atoms with Crippen molar-refractivity contribution in [3.63, 3.8) is 0 Å². The first-order valence-electron chi connectivity index (χ1n) is 6.59. The summed E-state index contributed by atoms with van der Waals surface area (Å²) in [6.07, 6.45) is 0.241. The smallest absolute Gasteiger partial charge is 0.334 e. The lowest BCUT2D eigenvalue weighted by Crippen LogP contribution is -2.10. The van der Waals surface area contributed by atoms with E-state index in [-0.39, 0.29) is 18.7 Å². The largest absolute Gasteiger partial charge is 0.456 e. The summed E-state index contributed by atoms with van der Waals surface area (Å²) >= 11 is 0. The zero-order valence-corrected chi connectivity index (χ0v) is 12.3. The average Bonchev–Trinajstić information content (AvgIpc) is 2.83. The molecular formula is C16H22O4. The summed E-state index contributed by atoms with van der Waals surface area (Å²) in [5.74, 6) is -0.274. The predicted octanol–water partition coefficient (Wildman–Crippen LogP) is 2.46. The van der Waals surface area contributed by atoms with E-state index in [0.29, 0.717) is 18.6 Å². The molecule has 1 heterocycles. The van der Waals surface area contributed by atoms with Gasteiger partial charge in [0.25, 0.3) is 0 Å². The molecule has 0 spiro atoms. The zero-order valence-electron chi connectivity index (χ0n) is 12.3. The van der Waals surface area contributed by atoms with Crippen LogP contribution in [0.5, 0.6) is 0 Å². The highest BCUT2D eigenvalue weighted by atomic mass is 16.6. The topological polar surface area (TPSA) is 55.8 Å². The Morgan fingerprint density at radius 2 is 2.00 bits per heavy atom. The van der Waals surface area contributed by atoms with E-state index in [9.17, 15) is 4.79 Å². The van der Waals surface area contributed by atoms with E-state index in [1.165, 1.54) is 5.56 Å². The van der Waals surface area contributed by atoms with Crippen molar-refractivity contribution >= 4 is 5.97 Å². The van der Waals surface area contributed by atoms with Crippen LogP contribution in [0.4, 0.5) is 0 Å². The first-order chi connectivity index (χ1) is 9.58. The van der Waals surface area contributed by atoms with Crippen LogP contribution in [0, 0.1) is 0 Å². The Morgan fingerprint density at radius 3 is 2.40 bits per heavy atom. The van der Waals surface area contributed by atoms with Crippen molar-refractivity contribution in [1.82, 2.24) is 0 Å². The van der Waals surface area contributed by atoms with Gasteiger partial charge in [-0.1, -0.05) is 35.9 Å². The van der Waals surface area contributed by atoms with Crippen LogP contribution in [-0.4, -0.2) is 30.9 Å². The minimum atomic E-state index is -0.313. The number of hydrogen-bond acceptors (Lipinski definition) is 4. The summed E-state index contributed by atoms with van der Waals surface area (Å²) in [7, 11) is 1.70. The Balaban J connectivity index is 0.000000204. The van der Waals surface area contributed by atoms with Crippen molar-refractivity contribution in [2.75, 3.05) is 13.7 Å². The third-order valence-corrected chi connectivity index (χ3v) is 2.91. The van der Waals surface area contributed by atoms with E-state index < -0.39 is 0 Å². The average molecular weight is 278 g/mol. The van der Waals surface area contributed by atoms with Gasteiger partial charge in [-0.3, -0.25) is 0 Å². The highest BCUT2D eigenvalue weighted by Crippen LogP contribution is 2.22. The summed E-state index contributed by atoms with van der Waals surface area (Å²) in [6.45, 7) is 4.37. The van der Waals surface area contributed by atoms with Crippen LogP contribution < -0.4 is 0 Å². The Kier molecular flexibility index (Phi) is 6.98. The molecule has 1 N–H and O–H groups in total. The van der Waals surface area contributed by atoms with Crippen molar-refractivity contribution in [1.29, 1.82) is 0 Å². The second kappa shape index (κ2) is 8.51. The number of aliphatic hydroxyl groups excluding tert-OH is 1. The van der Waals surface area contributed by atoms with Crippen LogP contribution in [-0.2, 0) is 20.9 Å². The lowest BCUT2D eigenvalue weighted by Gasteiger charge is -2.00. The minimum absolute atomic E-state index is 0.0808. The quantitative estimate of drug-likeness (QED) is 0.681. The van der Waals surface area contributed by atoms with Crippen LogP contribution >= 0.6 is 0 Å². The molecule has 0 aromatic heterocycles. The molecule has 1 aliphatic heterocycles. The highest BCUT2D eigenvalue weighted by Gasteiger charge is 2.28. The van der Waals surface area contributed by atoms with Crippen molar-refractivity contribution in [3.8, 4) is 0 Å². The van der Waals surface area contributed by atoms with Crippen LogP contribution in [0.1, 0.15) is 25.8 Å². The second-order valence-electron chi connectivity index (χ2n) is 4.81. The zero-order chi connectivity index (χ0) is 15.0. The van der Waals surface area contributed by atoms with E-state index in [4.69, 9.17) is 14.6 Å². The summed E-state index contributed by atoms with van der Waals surface area (Å²) in [6, 6.07) is 10.1. The van der Waals surface area contributed by atoms with Crippen molar-refractivity contribution in [2.45, 2.75) is 33.0 Å². The molecule has 1 atom stereocenters. The number of cyclic esters (lactones) is 1. The number of carbonyl (C=O) groups excluding carboxylic acids is 1. The summed E-state index contributed by atoms with van der Waals surface area (Å²) < 4.78 is 9.77. The number of esters is 1. The molecule has 0 radical (unpaired) electrons. The Hall–Kier alpha value is -1.65. The number of methoxy groups -OCH3 is 1. The SMILES string of the molecule is CC(C)=C1CC(CO)OC1=O.COCc1ccccc1. The van der Waals surface area contributed by atoms with Crippen LogP contribution in [0.3, 0.4) is 0 Å². The number of rotatable bonds is 3. The third kappa shape index (κ3) is 5.15. The number of benzene rings is 1. The number of carbonyl (C=O) groups is 1. The third-order valence-electron chi connectivity index (χ3n) is 2.91. The molecule has 0 amide bonds. The van der Waals surface area contributed by atoms with Crippen LogP contribution in [0.25, 0.3) is 0 Å². The molecule has 0 aliphatic carbocycles. The molecule has 0 saturated carbocycles. The molecule has 1 aliphatic rings. The van der Waals surface area contributed by atoms with Crippen molar-refractivity contribution in [2.24, 2.45) is 0 Å². The molecule has 4 heteroatoms. The van der Waals surface area contributed by atoms with Crippen molar-refractivity contribution < 1.29 is 19.4 Å². The lowest BCUT2D eigenvalue weighted by atomic mass is 10.1. The maximum atomic E-state index is 11.0. The molecule has 1 fully saturated rings. The number of allylic oxidation sites excluding steroid dienone is 1. The number of aliphatic hydroxyl groups is 1. The molecule has 2 rings (SSSR count). The summed E-state index contributed by atoms with van der Waals surface area (Å²) in [4.78, 5) is 11.0. The van der Waals surface area contributed by atoms with E-state index in [1.807, 2.05) is 44.2 Å². The number of ether oxygens (including phenoxy) is 2. The van der Waals surface area contributed by atoms with E-state index in [2.05, 4.69) is 0 Å². The first kappa shape index (κ1) is 16.4. The molecule has 1 aromatic rings. The first-order valence-corrected chi connectivity index (χ1v) is 6.59. The normalized spacial score (nSPS) is 17.3. The highest BCUT2D eigenvalue weighted by molar-refractivity contribution is 5.91. The fourth-order valence-electron chi connectivity index (χ4n) is 1.83. The van der Waals surface area contributed by atoms with Gasteiger partial charge in [0.05, 0.1) is 13.2 Å². The maximum absolute atomic E-state index is 11.0. The Bertz CT molecular complexity index is 447. The fourth-order valence-corrected chi connectivity index (χ4v) is 1.83. The fraction of sp³-hybridized carbons (Fsp3) is 0.438. The van der Waals surface area contributed by atoms with Gasteiger partial charge in [-0.25, -0.2) is 4.79 Å². The molecule has 1 saturated heterocycles. The van der Waals surface area contributed by atoms with Crippen LogP contribution in [0.2, 0.25) is 0 Å². The standard InChI is InChI=1S/C8H12O3.C8H10O/c1-5(2)7-3-6(4-9)11-8(7)10;1-9-7-8-5-3-2-4-6-8/h6,9H,3-4H2,1-2H3;2-6H,7H2,1H3. The monoisotopic (exact) mass is 278 g/mol. The summed E-state index contributed by atoms with van der Waals surface area (Å²) in [5.41, 5.74) is 2.91. The molecule has 4 nitrogen and oxygen atoms in total. The van der Waals surface area contributed by atoms with Gasteiger partial charge in [0.15, 0.2) is 0 Å². The summed E-state index contributed by atoms with van der Waals surface area (Å²) in [5, 5.41) is 8.68. The van der Waals surface area contributed by atoms with Gasteiger partial charge >= 0.3 is 5.97 Å². The van der Waals surface area contributed by atoms with Gasteiger partial charge in [-0.15, -0.1) is 0 Å².